The van der Waals surface area contributed by atoms with Crippen LogP contribution in [0.2, 0.25) is 0 Å². The van der Waals surface area contributed by atoms with Crippen molar-refractivity contribution in [1.82, 2.24) is 5.32 Å². The first-order valence-corrected chi connectivity index (χ1v) is 6.55. The Bertz CT molecular complexity index is 461. The molecule has 1 aromatic carbocycles. The third-order valence-electron chi connectivity index (χ3n) is 3.95. The summed E-state index contributed by atoms with van der Waals surface area (Å²) in [5.41, 5.74) is 0.459. The molecule has 0 amide bonds. The molecule has 1 aromatic rings. The third-order valence-corrected chi connectivity index (χ3v) is 3.95. The summed E-state index contributed by atoms with van der Waals surface area (Å²) in [6.45, 7) is 8.47. The van der Waals surface area contributed by atoms with Crippen molar-refractivity contribution in [3.63, 3.8) is 0 Å². The first kappa shape index (κ1) is 14.5. The van der Waals surface area contributed by atoms with Gasteiger partial charge in [0.15, 0.2) is 0 Å². The lowest BCUT2D eigenvalue weighted by Gasteiger charge is -2.32. The monoisotopic (exact) mass is 265 g/mol. The molecule has 3 nitrogen and oxygen atoms in total. The minimum Gasteiger partial charge on any atom is -0.399 e. The van der Waals surface area contributed by atoms with E-state index in [9.17, 15) is 4.39 Å². The SMILES string of the molecule is CNCc1ccc(B2OC(C)(C)C(C)(C)O2)c(F)c1. The van der Waals surface area contributed by atoms with Crippen molar-refractivity contribution in [2.24, 2.45) is 0 Å². The molecule has 0 radical (unpaired) electrons. The van der Waals surface area contributed by atoms with Crippen LogP contribution < -0.4 is 10.8 Å². The lowest BCUT2D eigenvalue weighted by molar-refractivity contribution is 0.00578. The Morgan fingerprint density at radius 2 is 1.74 bits per heavy atom. The van der Waals surface area contributed by atoms with E-state index in [-0.39, 0.29) is 5.82 Å². The highest BCUT2D eigenvalue weighted by Crippen LogP contribution is 2.36. The molecule has 1 saturated heterocycles. The molecule has 1 aliphatic heterocycles. The molecule has 1 aliphatic rings. The third kappa shape index (κ3) is 2.68. The summed E-state index contributed by atoms with van der Waals surface area (Å²) in [6.07, 6.45) is 0. The summed E-state index contributed by atoms with van der Waals surface area (Å²) in [5, 5.41) is 3.00. The van der Waals surface area contributed by atoms with Gasteiger partial charge in [-0.25, -0.2) is 4.39 Å². The van der Waals surface area contributed by atoms with E-state index in [0.29, 0.717) is 12.0 Å². The first-order chi connectivity index (χ1) is 8.77. The van der Waals surface area contributed by atoms with Gasteiger partial charge in [0, 0.05) is 12.0 Å². The van der Waals surface area contributed by atoms with E-state index in [1.165, 1.54) is 6.07 Å². The number of halogens is 1. The number of hydrogen-bond acceptors (Lipinski definition) is 3. The highest BCUT2D eigenvalue weighted by atomic mass is 19.1. The zero-order valence-electron chi connectivity index (χ0n) is 12.2. The van der Waals surface area contributed by atoms with Gasteiger partial charge >= 0.3 is 7.12 Å². The highest BCUT2D eigenvalue weighted by molar-refractivity contribution is 6.62. The lowest BCUT2D eigenvalue weighted by atomic mass is 9.78. The average molecular weight is 265 g/mol. The Labute approximate surface area is 114 Å². The van der Waals surface area contributed by atoms with Gasteiger partial charge in [-0.2, -0.15) is 0 Å². The maximum atomic E-state index is 14.1. The van der Waals surface area contributed by atoms with Crippen LogP contribution in [0.3, 0.4) is 0 Å². The molecular formula is C14H21BFNO2. The Kier molecular flexibility index (Phi) is 3.73. The molecule has 0 bridgehead atoms. The van der Waals surface area contributed by atoms with Gasteiger partial charge in [0.05, 0.1) is 11.2 Å². The molecular weight excluding hydrogens is 244 g/mol. The van der Waals surface area contributed by atoms with Crippen molar-refractivity contribution in [2.45, 2.75) is 45.4 Å². The number of hydrogen-bond donors (Lipinski definition) is 1. The molecule has 5 heteroatoms. The van der Waals surface area contributed by atoms with Gasteiger partial charge in [0.25, 0.3) is 0 Å². The summed E-state index contributed by atoms with van der Waals surface area (Å²) < 4.78 is 25.8. The highest BCUT2D eigenvalue weighted by Gasteiger charge is 2.52. The van der Waals surface area contributed by atoms with Crippen molar-refractivity contribution < 1.29 is 13.7 Å². The van der Waals surface area contributed by atoms with Crippen LogP contribution in [0.15, 0.2) is 18.2 Å². The van der Waals surface area contributed by atoms with E-state index in [2.05, 4.69) is 5.32 Å². The van der Waals surface area contributed by atoms with Crippen LogP contribution in [-0.2, 0) is 15.9 Å². The van der Waals surface area contributed by atoms with Crippen LogP contribution in [0.5, 0.6) is 0 Å². The van der Waals surface area contributed by atoms with E-state index < -0.39 is 18.3 Å². The van der Waals surface area contributed by atoms with E-state index in [1.54, 1.807) is 6.07 Å². The standard InChI is InChI=1S/C14H21BFNO2/c1-13(2)14(3,4)19-15(18-13)11-7-6-10(9-17-5)8-12(11)16/h6-8,17H,9H2,1-5H3. The smallest absolute Gasteiger partial charge is 0.399 e. The van der Waals surface area contributed by atoms with Crippen LogP contribution >= 0.6 is 0 Å². The molecule has 0 unspecified atom stereocenters. The van der Waals surface area contributed by atoms with Gasteiger partial charge in [0.1, 0.15) is 5.82 Å². The van der Waals surface area contributed by atoms with Crippen LogP contribution in [0.25, 0.3) is 0 Å². The normalized spacial score (nSPS) is 20.8. The Hall–Kier alpha value is -0.905. The van der Waals surface area contributed by atoms with Gasteiger partial charge in [0.2, 0.25) is 0 Å². The number of benzene rings is 1. The number of rotatable bonds is 3. The fourth-order valence-corrected chi connectivity index (χ4v) is 2.05. The van der Waals surface area contributed by atoms with E-state index in [0.717, 1.165) is 5.56 Å². The van der Waals surface area contributed by atoms with Gasteiger partial charge in [-0.15, -0.1) is 0 Å². The van der Waals surface area contributed by atoms with E-state index >= 15 is 0 Å². The molecule has 0 aromatic heterocycles. The fourth-order valence-electron chi connectivity index (χ4n) is 2.05. The summed E-state index contributed by atoms with van der Waals surface area (Å²) in [6, 6.07) is 5.15. The minimum absolute atomic E-state index is 0.286. The molecule has 0 spiro atoms. The predicted molar refractivity (Wildman–Crippen MR) is 74.9 cm³/mol. The summed E-state index contributed by atoms with van der Waals surface area (Å²) in [7, 11) is 1.19. The molecule has 2 rings (SSSR count). The zero-order valence-corrected chi connectivity index (χ0v) is 12.2. The maximum Gasteiger partial charge on any atom is 0.497 e. The summed E-state index contributed by atoms with van der Waals surface area (Å²) in [4.78, 5) is 0. The molecule has 19 heavy (non-hydrogen) atoms. The van der Waals surface area contributed by atoms with Crippen molar-refractivity contribution >= 4 is 12.6 Å². The molecule has 104 valence electrons. The molecule has 1 N–H and O–H groups in total. The van der Waals surface area contributed by atoms with Crippen molar-refractivity contribution in [3.8, 4) is 0 Å². The summed E-state index contributed by atoms with van der Waals surface area (Å²) >= 11 is 0. The second kappa shape index (κ2) is 4.89. The fraction of sp³-hybridized carbons (Fsp3) is 0.571. The maximum absolute atomic E-state index is 14.1. The molecule has 0 saturated carbocycles. The Balaban J connectivity index is 2.25. The molecule has 1 fully saturated rings. The minimum atomic E-state index is -0.645. The summed E-state index contributed by atoms with van der Waals surface area (Å²) in [5.74, 6) is -0.286. The quantitative estimate of drug-likeness (QED) is 0.846. The van der Waals surface area contributed by atoms with E-state index in [4.69, 9.17) is 9.31 Å². The first-order valence-electron chi connectivity index (χ1n) is 6.55. The van der Waals surface area contributed by atoms with Gasteiger partial charge in [-0.3, -0.25) is 0 Å². The second-order valence-corrected chi connectivity index (χ2v) is 5.97. The van der Waals surface area contributed by atoms with Crippen LogP contribution in [0, 0.1) is 5.82 Å². The van der Waals surface area contributed by atoms with Crippen LogP contribution in [0.4, 0.5) is 4.39 Å². The second-order valence-electron chi connectivity index (χ2n) is 5.97. The van der Waals surface area contributed by atoms with Crippen molar-refractivity contribution in [2.75, 3.05) is 7.05 Å². The molecule has 0 aliphatic carbocycles. The van der Waals surface area contributed by atoms with Gasteiger partial charge in [-0.05, 0) is 46.4 Å². The molecule has 1 heterocycles. The van der Waals surface area contributed by atoms with Gasteiger partial charge < -0.3 is 14.6 Å². The Morgan fingerprint density at radius 1 is 1.16 bits per heavy atom. The largest absolute Gasteiger partial charge is 0.497 e. The lowest BCUT2D eigenvalue weighted by Crippen LogP contribution is -2.41. The predicted octanol–water partition coefficient (Wildman–Crippen LogP) is 1.84. The van der Waals surface area contributed by atoms with Crippen LogP contribution in [-0.4, -0.2) is 25.4 Å². The average Bonchev–Trinajstić information content (AvgIpc) is 2.48. The number of nitrogens with one attached hydrogen (secondary N) is 1. The zero-order chi connectivity index (χ0) is 14.3. The van der Waals surface area contributed by atoms with E-state index in [1.807, 2.05) is 40.8 Å². The van der Waals surface area contributed by atoms with Crippen molar-refractivity contribution in [1.29, 1.82) is 0 Å². The van der Waals surface area contributed by atoms with Gasteiger partial charge in [-0.1, -0.05) is 12.1 Å². The van der Waals surface area contributed by atoms with Crippen molar-refractivity contribution in [3.05, 3.63) is 29.6 Å². The van der Waals surface area contributed by atoms with Crippen LogP contribution in [0.1, 0.15) is 33.3 Å². The topological polar surface area (TPSA) is 30.5 Å². The molecule has 0 atom stereocenters. The Morgan fingerprint density at radius 3 is 2.21 bits per heavy atom.